The number of ether oxygens (including phenoxy) is 1. The monoisotopic (exact) mass is 339 g/mol. The maximum absolute atomic E-state index is 12.1. The van der Waals surface area contributed by atoms with E-state index < -0.39 is 5.60 Å². The van der Waals surface area contributed by atoms with Crippen LogP contribution in [0.25, 0.3) is 11.3 Å². The fourth-order valence-corrected chi connectivity index (χ4v) is 2.85. The van der Waals surface area contributed by atoms with Crippen LogP contribution in [0.2, 0.25) is 0 Å². The Balaban J connectivity index is 1.59. The van der Waals surface area contributed by atoms with Crippen molar-refractivity contribution in [3.05, 3.63) is 48.7 Å². The van der Waals surface area contributed by atoms with Gasteiger partial charge in [0.1, 0.15) is 5.60 Å². The normalized spacial score (nSPS) is 15.2. The maximum Gasteiger partial charge on any atom is 0.410 e. The summed E-state index contributed by atoms with van der Waals surface area (Å²) in [7, 11) is 0. The predicted molar refractivity (Wildman–Crippen MR) is 99.7 cm³/mol. The number of aromatic nitrogens is 1. The van der Waals surface area contributed by atoms with Gasteiger partial charge < -0.3 is 14.5 Å². The van der Waals surface area contributed by atoms with E-state index in [-0.39, 0.29) is 6.09 Å². The highest BCUT2D eigenvalue weighted by atomic mass is 16.6. The van der Waals surface area contributed by atoms with Gasteiger partial charge in [0.2, 0.25) is 0 Å². The highest BCUT2D eigenvalue weighted by Gasteiger charge is 2.25. The lowest BCUT2D eigenvalue weighted by molar-refractivity contribution is 0.0240. The van der Waals surface area contributed by atoms with Crippen LogP contribution in [0.3, 0.4) is 0 Å². The van der Waals surface area contributed by atoms with E-state index in [0.717, 1.165) is 24.3 Å². The molecule has 1 amide bonds. The maximum atomic E-state index is 12.1. The Bertz CT molecular complexity index is 700. The van der Waals surface area contributed by atoms with Crippen molar-refractivity contribution in [2.24, 2.45) is 0 Å². The first-order valence-corrected chi connectivity index (χ1v) is 8.67. The van der Waals surface area contributed by atoms with Gasteiger partial charge in [-0.2, -0.15) is 0 Å². The minimum Gasteiger partial charge on any atom is -0.444 e. The molecule has 0 unspecified atom stereocenters. The number of piperazine rings is 1. The fourth-order valence-electron chi connectivity index (χ4n) is 2.85. The van der Waals surface area contributed by atoms with Crippen LogP contribution >= 0.6 is 0 Å². The molecule has 1 fully saturated rings. The number of nitrogens with zero attached hydrogens (tertiary/aromatic N) is 3. The average Bonchev–Trinajstić information content (AvgIpc) is 2.61. The molecule has 1 aliphatic heterocycles. The summed E-state index contributed by atoms with van der Waals surface area (Å²) in [5, 5.41) is 0. The van der Waals surface area contributed by atoms with Gasteiger partial charge in [-0.1, -0.05) is 18.2 Å². The Hall–Kier alpha value is -2.56. The van der Waals surface area contributed by atoms with Crippen molar-refractivity contribution in [2.45, 2.75) is 26.4 Å². The molecule has 3 rings (SSSR count). The number of pyridine rings is 1. The van der Waals surface area contributed by atoms with Crippen LogP contribution in [0.5, 0.6) is 0 Å². The lowest BCUT2D eigenvalue weighted by atomic mass is 10.1. The summed E-state index contributed by atoms with van der Waals surface area (Å²) in [6, 6.07) is 14.3. The summed E-state index contributed by atoms with van der Waals surface area (Å²) in [5.41, 5.74) is 2.80. The molecule has 1 aromatic carbocycles. The first-order valence-electron chi connectivity index (χ1n) is 8.67. The summed E-state index contributed by atoms with van der Waals surface area (Å²) in [5.74, 6) is 0. The number of carbonyl (C=O) groups excluding carboxylic acids is 1. The van der Waals surface area contributed by atoms with Gasteiger partial charge in [0.05, 0.1) is 5.69 Å². The molecule has 0 atom stereocenters. The Morgan fingerprint density at radius 3 is 2.24 bits per heavy atom. The quantitative estimate of drug-likeness (QED) is 0.835. The van der Waals surface area contributed by atoms with Crippen LogP contribution in [-0.2, 0) is 4.74 Å². The molecule has 1 saturated heterocycles. The Morgan fingerprint density at radius 2 is 1.68 bits per heavy atom. The average molecular weight is 339 g/mol. The van der Waals surface area contributed by atoms with Crippen LogP contribution in [0.1, 0.15) is 20.8 Å². The van der Waals surface area contributed by atoms with Crippen molar-refractivity contribution in [2.75, 3.05) is 31.1 Å². The summed E-state index contributed by atoms with van der Waals surface area (Å²) in [6.07, 6.45) is 1.58. The van der Waals surface area contributed by atoms with Gasteiger partial charge in [0.25, 0.3) is 0 Å². The van der Waals surface area contributed by atoms with Gasteiger partial charge in [0.15, 0.2) is 0 Å². The number of rotatable bonds is 2. The second-order valence-corrected chi connectivity index (χ2v) is 7.22. The van der Waals surface area contributed by atoms with Crippen molar-refractivity contribution >= 4 is 11.8 Å². The van der Waals surface area contributed by atoms with Gasteiger partial charge in [-0.15, -0.1) is 0 Å². The topological polar surface area (TPSA) is 45.7 Å². The summed E-state index contributed by atoms with van der Waals surface area (Å²) in [6.45, 7) is 8.65. The molecule has 0 N–H and O–H groups in total. The molecule has 5 heteroatoms. The molecule has 132 valence electrons. The van der Waals surface area contributed by atoms with E-state index in [0.29, 0.717) is 13.1 Å². The smallest absolute Gasteiger partial charge is 0.410 e. The number of hydrogen-bond donors (Lipinski definition) is 0. The molecule has 0 saturated carbocycles. The fraction of sp³-hybridized carbons (Fsp3) is 0.400. The van der Waals surface area contributed by atoms with E-state index in [4.69, 9.17) is 4.74 Å². The summed E-state index contributed by atoms with van der Waals surface area (Å²) in [4.78, 5) is 20.6. The molecule has 2 heterocycles. The van der Waals surface area contributed by atoms with Crippen molar-refractivity contribution < 1.29 is 9.53 Å². The minimum atomic E-state index is -0.449. The Morgan fingerprint density at radius 1 is 1.00 bits per heavy atom. The third-order valence-electron chi connectivity index (χ3n) is 4.12. The molecular weight excluding hydrogens is 314 g/mol. The third kappa shape index (κ3) is 4.50. The van der Waals surface area contributed by atoms with E-state index in [9.17, 15) is 4.79 Å². The second-order valence-electron chi connectivity index (χ2n) is 7.22. The predicted octanol–water partition coefficient (Wildman–Crippen LogP) is 3.81. The number of hydrogen-bond acceptors (Lipinski definition) is 4. The van der Waals surface area contributed by atoms with Crippen LogP contribution in [-0.4, -0.2) is 47.8 Å². The Labute approximate surface area is 149 Å². The molecule has 1 aliphatic rings. The van der Waals surface area contributed by atoms with E-state index in [1.54, 1.807) is 11.1 Å². The van der Waals surface area contributed by atoms with E-state index >= 15 is 0 Å². The highest BCUT2D eigenvalue weighted by molar-refractivity contribution is 5.69. The second kappa shape index (κ2) is 7.13. The third-order valence-corrected chi connectivity index (χ3v) is 4.12. The Kier molecular flexibility index (Phi) is 4.93. The molecule has 0 bridgehead atoms. The zero-order valence-corrected chi connectivity index (χ0v) is 15.1. The van der Waals surface area contributed by atoms with Gasteiger partial charge in [-0.3, -0.25) is 4.98 Å². The molecule has 0 radical (unpaired) electrons. The van der Waals surface area contributed by atoms with Crippen molar-refractivity contribution in [3.8, 4) is 11.3 Å². The highest BCUT2D eigenvalue weighted by Crippen LogP contribution is 2.23. The van der Waals surface area contributed by atoms with Crippen LogP contribution in [0.15, 0.2) is 48.7 Å². The van der Waals surface area contributed by atoms with Crippen LogP contribution < -0.4 is 4.90 Å². The van der Waals surface area contributed by atoms with E-state index in [1.165, 1.54) is 5.69 Å². The zero-order valence-electron chi connectivity index (χ0n) is 15.1. The van der Waals surface area contributed by atoms with Gasteiger partial charge in [-0.05, 0) is 45.0 Å². The van der Waals surface area contributed by atoms with Crippen molar-refractivity contribution in [3.63, 3.8) is 0 Å². The van der Waals surface area contributed by atoms with E-state index in [2.05, 4.69) is 34.1 Å². The van der Waals surface area contributed by atoms with Crippen molar-refractivity contribution in [1.29, 1.82) is 0 Å². The lowest BCUT2D eigenvalue weighted by Crippen LogP contribution is -2.50. The molecule has 0 spiro atoms. The number of anilines is 1. The first kappa shape index (κ1) is 17.3. The minimum absolute atomic E-state index is 0.224. The van der Waals surface area contributed by atoms with Gasteiger partial charge >= 0.3 is 6.09 Å². The lowest BCUT2D eigenvalue weighted by Gasteiger charge is -2.36. The summed E-state index contributed by atoms with van der Waals surface area (Å²) >= 11 is 0. The number of benzene rings is 1. The summed E-state index contributed by atoms with van der Waals surface area (Å²) < 4.78 is 5.44. The van der Waals surface area contributed by atoms with Crippen molar-refractivity contribution in [1.82, 2.24) is 9.88 Å². The largest absolute Gasteiger partial charge is 0.444 e. The number of amides is 1. The molecule has 1 aromatic heterocycles. The number of carbonyl (C=O) groups is 1. The van der Waals surface area contributed by atoms with Crippen LogP contribution in [0, 0.1) is 0 Å². The standard InChI is InChI=1S/C20H25N3O2/c1-20(2,3)25-19(24)23-14-12-22(13-15-23)17-9-7-16(8-10-17)18-6-4-5-11-21-18/h4-11H,12-15H2,1-3H3. The van der Waals surface area contributed by atoms with E-state index in [1.807, 2.05) is 39.0 Å². The van der Waals surface area contributed by atoms with Gasteiger partial charge in [0, 0.05) is 43.6 Å². The molecular formula is C20H25N3O2. The van der Waals surface area contributed by atoms with Crippen LogP contribution in [0.4, 0.5) is 10.5 Å². The molecule has 25 heavy (non-hydrogen) atoms. The molecule has 0 aliphatic carbocycles. The molecule has 2 aromatic rings. The SMILES string of the molecule is CC(C)(C)OC(=O)N1CCN(c2ccc(-c3ccccn3)cc2)CC1. The molecule has 5 nitrogen and oxygen atoms in total. The zero-order chi connectivity index (χ0) is 17.9. The van der Waals surface area contributed by atoms with Gasteiger partial charge in [-0.25, -0.2) is 4.79 Å². The first-order chi connectivity index (χ1) is 11.9.